The number of halogens is 2. The highest BCUT2D eigenvalue weighted by molar-refractivity contribution is 7.98. The lowest BCUT2D eigenvalue weighted by atomic mass is 10.2. The van der Waals surface area contributed by atoms with Crippen LogP contribution in [0, 0.1) is 5.82 Å². The molecule has 0 fully saturated rings. The highest BCUT2D eigenvalue weighted by Gasteiger charge is 2.15. The number of hydrogen-bond donors (Lipinski definition) is 0. The van der Waals surface area contributed by atoms with Crippen molar-refractivity contribution in [2.75, 3.05) is 0 Å². The van der Waals surface area contributed by atoms with E-state index in [0.717, 1.165) is 5.56 Å². The molecule has 6 heteroatoms. The first-order valence-corrected chi connectivity index (χ1v) is 9.64. The fourth-order valence-electron chi connectivity index (χ4n) is 2.78. The van der Waals surface area contributed by atoms with Gasteiger partial charge < -0.3 is 0 Å². The zero-order chi connectivity index (χ0) is 18.8. The Hall–Kier alpha value is -2.63. The van der Waals surface area contributed by atoms with Crippen LogP contribution in [0.25, 0.3) is 16.6 Å². The first-order chi connectivity index (χ1) is 13.1. The van der Waals surface area contributed by atoms with Gasteiger partial charge in [0, 0.05) is 5.75 Å². The average Bonchev–Trinajstić information content (AvgIpc) is 2.69. The molecule has 1 heterocycles. The van der Waals surface area contributed by atoms with E-state index in [-0.39, 0.29) is 11.4 Å². The molecule has 0 aliphatic rings. The maximum atomic E-state index is 13.2. The third-order valence-corrected chi connectivity index (χ3v) is 5.45. The average molecular weight is 397 g/mol. The summed E-state index contributed by atoms with van der Waals surface area (Å²) < 4.78 is 14.7. The van der Waals surface area contributed by atoms with Gasteiger partial charge in [0.05, 0.1) is 21.6 Å². The summed E-state index contributed by atoms with van der Waals surface area (Å²) in [7, 11) is 0. The van der Waals surface area contributed by atoms with Crippen molar-refractivity contribution in [3.63, 3.8) is 0 Å². The summed E-state index contributed by atoms with van der Waals surface area (Å²) in [6, 6.07) is 20.7. The van der Waals surface area contributed by atoms with Crippen LogP contribution in [0.1, 0.15) is 5.56 Å². The van der Waals surface area contributed by atoms with Gasteiger partial charge in [-0.3, -0.25) is 9.36 Å². The van der Waals surface area contributed by atoms with Gasteiger partial charge in [0.15, 0.2) is 5.16 Å². The lowest BCUT2D eigenvalue weighted by molar-refractivity contribution is 0.627. The van der Waals surface area contributed by atoms with Crippen molar-refractivity contribution < 1.29 is 4.39 Å². The van der Waals surface area contributed by atoms with E-state index in [2.05, 4.69) is 4.98 Å². The van der Waals surface area contributed by atoms with Crippen molar-refractivity contribution in [1.29, 1.82) is 0 Å². The number of fused-ring (bicyclic) bond motifs is 1. The Kier molecular flexibility index (Phi) is 4.97. The number of para-hydroxylation sites is 2. The Morgan fingerprint density at radius 2 is 1.67 bits per heavy atom. The number of benzene rings is 3. The Morgan fingerprint density at radius 1 is 0.963 bits per heavy atom. The molecular weight excluding hydrogens is 383 g/mol. The van der Waals surface area contributed by atoms with Crippen LogP contribution in [-0.4, -0.2) is 9.55 Å². The van der Waals surface area contributed by atoms with Crippen LogP contribution in [-0.2, 0) is 5.75 Å². The van der Waals surface area contributed by atoms with E-state index in [4.69, 9.17) is 11.6 Å². The lowest BCUT2D eigenvalue weighted by Gasteiger charge is -2.14. The molecule has 3 nitrogen and oxygen atoms in total. The summed E-state index contributed by atoms with van der Waals surface area (Å²) in [4.78, 5) is 17.8. The van der Waals surface area contributed by atoms with E-state index in [9.17, 15) is 9.18 Å². The fourth-order valence-corrected chi connectivity index (χ4v) is 3.96. The van der Waals surface area contributed by atoms with Crippen molar-refractivity contribution in [3.05, 3.63) is 99.6 Å². The number of thioether (sulfide) groups is 1. The zero-order valence-electron chi connectivity index (χ0n) is 14.1. The third-order valence-electron chi connectivity index (χ3n) is 4.12. The van der Waals surface area contributed by atoms with Crippen LogP contribution < -0.4 is 5.56 Å². The van der Waals surface area contributed by atoms with E-state index >= 15 is 0 Å². The smallest absolute Gasteiger partial charge is 0.266 e. The maximum absolute atomic E-state index is 13.2. The molecule has 27 heavy (non-hydrogen) atoms. The SMILES string of the molecule is O=c1c2ccccc2nc(SCc2ccc(F)cc2)n1-c1ccccc1Cl. The van der Waals surface area contributed by atoms with Crippen molar-refractivity contribution in [2.24, 2.45) is 0 Å². The Balaban J connectivity index is 1.85. The largest absolute Gasteiger partial charge is 0.268 e. The van der Waals surface area contributed by atoms with E-state index < -0.39 is 0 Å². The van der Waals surface area contributed by atoms with E-state index in [1.165, 1.54) is 23.9 Å². The summed E-state index contributed by atoms with van der Waals surface area (Å²) in [5.41, 5.74) is 1.99. The zero-order valence-corrected chi connectivity index (χ0v) is 15.7. The van der Waals surface area contributed by atoms with Crippen LogP contribution in [0.2, 0.25) is 5.02 Å². The first-order valence-electron chi connectivity index (χ1n) is 8.27. The fraction of sp³-hybridized carbons (Fsp3) is 0.0476. The predicted molar refractivity (Wildman–Crippen MR) is 108 cm³/mol. The first kappa shape index (κ1) is 17.8. The summed E-state index contributed by atoms with van der Waals surface area (Å²) in [5, 5.41) is 1.54. The van der Waals surface area contributed by atoms with Crippen LogP contribution in [0.4, 0.5) is 4.39 Å². The summed E-state index contributed by atoms with van der Waals surface area (Å²) in [5.74, 6) is 0.274. The molecule has 0 saturated heterocycles. The third kappa shape index (κ3) is 3.61. The minimum absolute atomic E-state index is 0.171. The normalized spacial score (nSPS) is 11.0. The van der Waals surface area contributed by atoms with E-state index in [1.54, 1.807) is 34.9 Å². The molecule has 0 aliphatic heterocycles. The van der Waals surface area contributed by atoms with Crippen molar-refractivity contribution in [1.82, 2.24) is 9.55 Å². The quantitative estimate of drug-likeness (QED) is 0.339. The number of aromatic nitrogens is 2. The Labute approximate surface area is 164 Å². The highest BCUT2D eigenvalue weighted by Crippen LogP contribution is 2.27. The van der Waals surface area contributed by atoms with Gasteiger partial charge in [-0.2, -0.15) is 0 Å². The van der Waals surface area contributed by atoms with Gasteiger partial charge in [0.25, 0.3) is 5.56 Å². The second kappa shape index (κ2) is 7.55. The van der Waals surface area contributed by atoms with Crippen LogP contribution >= 0.6 is 23.4 Å². The Morgan fingerprint density at radius 3 is 2.44 bits per heavy atom. The topological polar surface area (TPSA) is 34.9 Å². The minimum atomic E-state index is -0.277. The van der Waals surface area contributed by atoms with E-state index in [1.807, 2.05) is 30.3 Å². The van der Waals surface area contributed by atoms with Gasteiger partial charge in [-0.15, -0.1) is 0 Å². The van der Waals surface area contributed by atoms with Crippen molar-refractivity contribution in [3.8, 4) is 5.69 Å². The van der Waals surface area contributed by atoms with Crippen LogP contribution in [0.15, 0.2) is 82.7 Å². The van der Waals surface area contributed by atoms with Crippen LogP contribution in [0.3, 0.4) is 0 Å². The monoisotopic (exact) mass is 396 g/mol. The number of rotatable bonds is 4. The van der Waals surface area contributed by atoms with Gasteiger partial charge in [-0.1, -0.05) is 59.8 Å². The summed E-state index contributed by atoms with van der Waals surface area (Å²) in [6.07, 6.45) is 0. The van der Waals surface area contributed by atoms with Gasteiger partial charge in [0.2, 0.25) is 0 Å². The molecule has 0 spiro atoms. The molecule has 0 unspecified atom stereocenters. The van der Waals surface area contributed by atoms with E-state index in [0.29, 0.717) is 32.5 Å². The van der Waals surface area contributed by atoms with Gasteiger partial charge in [-0.25, -0.2) is 9.37 Å². The molecule has 0 amide bonds. The molecule has 0 radical (unpaired) electrons. The minimum Gasteiger partial charge on any atom is -0.268 e. The molecule has 0 saturated carbocycles. The molecule has 1 aromatic heterocycles. The molecule has 0 N–H and O–H groups in total. The van der Waals surface area contributed by atoms with Crippen molar-refractivity contribution >= 4 is 34.3 Å². The molecule has 0 bridgehead atoms. The molecule has 0 aliphatic carbocycles. The lowest BCUT2D eigenvalue weighted by Crippen LogP contribution is -2.22. The second-order valence-electron chi connectivity index (χ2n) is 5.92. The predicted octanol–water partition coefficient (Wildman–Crippen LogP) is 5.47. The molecule has 0 atom stereocenters. The molecule has 134 valence electrons. The molecule has 4 aromatic rings. The van der Waals surface area contributed by atoms with Crippen LogP contribution in [0.5, 0.6) is 0 Å². The maximum Gasteiger partial charge on any atom is 0.266 e. The molecule has 3 aromatic carbocycles. The number of hydrogen-bond acceptors (Lipinski definition) is 3. The molecular formula is C21H14ClFN2OS. The van der Waals surface area contributed by atoms with Gasteiger partial charge in [0.1, 0.15) is 5.82 Å². The second-order valence-corrected chi connectivity index (χ2v) is 7.27. The van der Waals surface area contributed by atoms with Gasteiger partial charge in [-0.05, 0) is 42.0 Å². The highest BCUT2D eigenvalue weighted by atomic mass is 35.5. The van der Waals surface area contributed by atoms with Gasteiger partial charge >= 0.3 is 0 Å². The summed E-state index contributed by atoms with van der Waals surface area (Å²) in [6.45, 7) is 0. The molecule has 4 rings (SSSR count). The standard InChI is InChI=1S/C21H14ClFN2OS/c22-17-6-2-4-8-19(17)25-20(26)16-5-1-3-7-18(16)24-21(25)27-13-14-9-11-15(23)12-10-14/h1-12H,13H2. The Bertz CT molecular complexity index is 1170. The van der Waals surface area contributed by atoms with Crippen molar-refractivity contribution in [2.45, 2.75) is 10.9 Å². The number of nitrogens with zero attached hydrogens (tertiary/aromatic N) is 2. The summed E-state index contributed by atoms with van der Waals surface area (Å²) >= 11 is 7.76.